The molecule has 1 aromatic rings. The number of hydrogen-bond donors (Lipinski definition) is 6. The Morgan fingerprint density at radius 3 is 2.31 bits per heavy atom. The van der Waals surface area contributed by atoms with Crippen molar-refractivity contribution >= 4 is 29.4 Å². The number of rotatable bonds is 9. The maximum absolute atomic E-state index is 13.7. The van der Waals surface area contributed by atoms with E-state index in [9.17, 15) is 42.8 Å². The van der Waals surface area contributed by atoms with Gasteiger partial charge in [0.2, 0.25) is 5.95 Å². The molecule has 22 heteroatoms. The highest BCUT2D eigenvalue weighted by atomic mass is 31.3. The molecule has 1 saturated heterocycles. The van der Waals surface area contributed by atoms with Crippen LogP contribution in [0.2, 0.25) is 0 Å². The zero-order chi connectivity index (χ0) is 24.6. The van der Waals surface area contributed by atoms with Crippen molar-refractivity contribution in [2.45, 2.75) is 24.7 Å². The van der Waals surface area contributed by atoms with Crippen LogP contribution < -0.4 is 11.3 Å². The predicted octanol–water partition coefficient (Wildman–Crippen LogP) is -1.94. The van der Waals surface area contributed by atoms with Crippen molar-refractivity contribution in [1.29, 1.82) is 0 Å². The van der Waals surface area contributed by atoms with Crippen LogP contribution >= 0.6 is 23.5 Å². The summed E-state index contributed by atoms with van der Waals surface area (Å²) in [6, 6.07) is 0. The third-order valence-electron chi connectivity index (χ3n) is 3.47. The summed E-state index contributed by atoms with van der Waals surface area (Å²) >= 11 is 0. The van der Waals surface area contributed by atoms with Crippen molar-refractivity contribution in [1.82, 2.24) is 9.55 Å². The smallest absolute Gasteiger partial charge is 0.385 e. The van der Waals surface area contributed by atoms with E-state index in [1.807, 2.05) is 0 Å². The van der Waals surface area contributed by atoms with Crippen LogP contribution in [0.1, 0.15) is 16.7 Å². The van der Waals surface area contributed by atoms with E-state index in [1.54, 1.807) is 0 Å². The summed E-state index contributed by atoms with van der Waals surface area (Å²) in [5, 5.41) is 20.1. The number of aromatic nitrogens is 2. The number of aliphatic hydroxyl groups is 2. The first-order valence-electron chi connectivity index (χ1n) is 7.74. The number of nitrogens with two attached hydrogens (primary N) is 1. The van der Waals surface area contributed by atoms with Gasteiger partial charge in [0.05, 0.1) is 6.20 Å². The molecule has 6 atom stereocenters. The van der Waals surface area contributed by atoms with E-state index in [0.29, 0.717) is 13.3 Å². The Balaban J connectivity index is 2.31. The van der Waals surface area contributed by atoms with Gasteiger partial charge in [-0.15, -0.1) is 0 Å². The quantitative estimate of drug-likeness (QED) is 0.190. The van der Waals surface area contributed by atoms with Crippen molar-refractivity contribution in [3.63, 3.8) is 0 Å². The summed E-state index contributed by atoms with van der Waals surface area (Å²) in [6.45, 7) is 0. The van der Waals surface area contributed by atoms with Crippen molar-refractivity contribution in [3.8, 4) is 0 Å². The molecule has 182 valence electrons. The number of halogens is 1. The van der Waals surface area contributed by atoms with Gasteiger partial charge in [-0.2, -0.15) is 13.0 Å². The normalized spacial score (nSPS) is 27.6. The van der Waals surface area contributed by atoms with E-state index < -0.39 is 71.3 Å². The standard InChI is InChI=1S/C10H15FN3O15P3/c1-25-32(24,29-31(22,23)28-30(19,20)21)27-10-6(16)5(15)9(26-10)14-2-3(11)13-4(7(12)17)8(14)18/h2,5-6,9-10,15-16H,1H3,(H2,12,17)(H,22,23)(H2,19,20,21)/t5-,6+,9+,10-,32?/m1/s1. The van der Waals surface area contributed by atoms with Crippen molar-refractivity contribution < 1.29 is 70.2 Å². The van der Waals surface area contributed by atoms with E-state index in [0.717, 1.165) is 0 Å². The molecule has 2 rings (SSSR count). The molecule has 0 bridgehead atoms. The summed E-state index contributed by atoms with van der Waals surface area (Å²) in [6.07, 6.45) is -8.24. The van der Waals surface area contributed by atoms with Crippen molar-refractivity contribution in [2.75, 3.05) is 7.11 Å². The molecule has 2 heterocycles. The Morgan fingerprint density at radius 2 is 1.81 bits per heavy atom. The van der Waals surface area contributed by atoms with Crippen molar-refractivity contribution in [3.05, 3.63) is 28.2 Å². The molecule has 2 unspecified atom stereocenters. The van der Waals surface area contributed by atoms with Crippen LogP contribution in [0.5, 0.6) is 0 Å². The lowest BCUT2D eigenvalue weighted by molar-refractivity contribution is -0.136. The highest BCUT2D eigenvalue weighted by Gasteiger charge is 2.51. The lowest BCUT2D eigenvalue weighted by Gasteiger charge is -2.22. The average molecular weight is 529 g/mol. The minimum Gasteiger partial charge on any atom is -0.385 e. The molecular formula is C10H15FN3O15P3. The monoisotopic (exact) mass is 529 g/mol. The Morgan fingerprint density at radius 1 is 1.22 bits per heavy atom. The van der Waals surface area contributed by atoms with Gasteiger partial charge in [-0.25, -0.2) is 18.7 Å². The zero-order valence-electron chi connectivity index (χ0n) is 15.4. The Bertz CT molecular complexity index is 1090. The fraction of sp³-hybridized carbons (Fsp3) is 0.500. The second kappa shape index (κ2) is 9.44. The predicted molar refractivity (Wildman–Crippen MR) is 92.6 cm³/mol. The van der Waals surface area contributed by atoms with Gasteiger partial charge in [-0.3, -0.25) is 23.2 Å². The van der Waals surface area contributed by atoms with Gasteiger partial charge in [0.15, 0.2) is 18.2 Å². The third kappa shape index (κ3) is 6.33. The summed E-state index contributed by atoms with van der Waals surface area (Å²) in [4.78, 5) is 52.8. The third-order valence-corrected chi connectivity index (χ3v) is 7.69. The summed E-state index contributed by atoms with van der Waals surface area (Å²) in [7, 11) is -16.1. The number of hydrogen-bond acceptors (Lipinski definition) is 13. The molecule has 18 nitrogen and oxygen atoms in total. The fourth-order valence-electron chi connectivity index (χ4n) is 2.27. The maximum Gasteiger partial charge on any atom is 0.490 e. The molecule has 1 fully saturated rings. The number of carbonyl (C=O) groups is 1. The second-order valence-electron chi connectivity index (χ2n) is 5.72. The molecule has 0 radical (unpaired) electrons. The minimum atomic E-state index is -5.79. The van der Waals surface area contributed by atoms with E-state index >= 15 is 0 Å². The van der Waals surface area contributed by atoms with Crippen LogP contribution in [-0.2, 0) is 36.1 Å². The lowest BCUT2D eigenvalue weighted by Crippen LogP contribution is -2.38. The van der Waals surface area contributed by atoms with Crippen LogP contribution in [0.4, 0.5) is 4.39 Å². The molecule has 1 aliphatic rings. The van der Waals surface area contributed by atoms with Crippen LogP contribution in [0, 0.1) is 5.95 Å². The van der Waals surface area contributed by atoms with Gasteiger partial charge in [0.25, 0.3) is 11.5 Å². The molecule has 0 saturated carbocycles. The van der Waals surface area contributed by atoms with E-state index in [2.05, 4.69) is 22.7 Å². The Hall–Kier alpha value is -1.43. The lowest BCUT2D eigenvalue weighted by atomic mass is 10.2. The van der Waals surface area contributed by atoms with E-state index in [4.69, 9.17) is 20.3 Å². The van der Waals surface area contributed by atoms with E-state index in [1.165, 1.54) is 0 Å². The molecule has 1 amide bonds. The average Bonchev–Trinajstić information content (AvgIpc) is 2.88. The minimum absolute atomic E-state index is 0.256. The molecule has 32 heavy (non-hydrogen) atoms. The topological polar surface area (TPSA) is 276 Å². The fourth-order valence-corrected chi connectivity index (χ4v) is 5.68. The maximum atomic E-state index is 13.7. The number of primary amides is 1. The number of aliphatic hydroxyl groups excluding tert-OH is 2. The largest absolute Gasteiger partial charge is 0.490 e. The van der Waals surface area contributed by atoms with Gasteiger partial charge in [-0.1, -0.05) is 0 Å². The molecular weight excluding hydrogens is 514 g/mol. The van der Waals surface area contributed by atoms with Crippen LogP contribution in [0.15, 0.2) is 11.0 Å². The molecule has 7 N–H and O–H groups in total. The molecule has 1 aliphatic heterocycles. The number of nitrogens with zero attached hydrogens (tertiary/aromatic N) is 2. The molecule has 0 spiro atoms. The summed E-state index contributed by atoms with van der Waals surface area (Å²) in [5.41, 5.74) is 2.44. The van der Waals surface area contributed by atoms with E-state index in [-0.39, 0.29) is 4.57 Å². The zero-order valence-corrected chi connectivity index (χ0v) is 18.1. The Labute approximate surface area is 175 Å². The number of ether oxygens (including phenoxy) is 1. The first-order valence-corrected chi connectivity index (χ1v) is 12.2. The number of amides is 1. The van der Waals surface area contributed by atoms with Crippen LogP contribution in [0.25, 0.3) is 0 Å². The summed E-state index contributed by atoms with van der Waals surface area (Å²) < 4.78 is 69.7. The van der Waals surface area contributed by atoms with Gasteiger partial charge >= 0.3 is 23.5 Å². The SMILES string of the molecule is COP(=O)(O[C@H]1O[C@H](n2cc(F)nc(C(N)=O)c2=O)[C@H](O)[C@@H]1O)OP(=O)(O)OP(=O)(O)O. The van der Waals surface area contributed by atoms with Gasteiger partial charge in [0, 0.05) is 7.11 Å². The highest BCUT2D eigenvalue weighted by Crippen LogP contribution is 2.68. The molecule has 0 aromatic carbocycles. The van der Waals surface area contributed by atoms with Gasteiger partial charge < -0.3 is 35.4 Å². The number of carbonyl (C=O) groups excluding carboxylic acids is 1. The van der Waals surface area contributed by atoms with Crippen LogP contribution in [0.3, 0.4) is 0 Å². The molecule has 0 aliphatic carbocycles. The first-order chi connectivity index (χ1) is 14.5. The van der Waals surface area contributed by atoms with Gasteiger partial charge in [0.1, 0.15) is 12.2 Å². The number of phosphoric ester groups is 1. The van der Waals surface area contributed by atoms with Crippen LogP contribution in [-0.4, -0.2) is 66.0 Å². The second-order valence-corrected chi connectivity index (χ2v) is 10.4. The number of phosphoric acid groups is 3. The van der Waals surface area contributed by atoms with Crippen molar-refractivity contribution in [2.24, 2.45) is 5.73 Å². The first kappa shape index (κ1) is 26.8. The summed E-state index contributed by atoms with van der Waals surface area (Å²) in [5.74, 6) is -2.86. The highest BCUT2D eigenvalue weighted by molar-refractivity contribution is 7.66. The Kier molecular flexibility index (Phi) is 7.91. The van der Waals surface area contributed by atoms with Gasteiger partial charge in [-0.05, 0) is 0 Å². The molecule has 1 aromatic heterocycles.